The number of nitrogens with one attached hydrogen (secondary N) is 2. The van der Waals surface area contributed by atoms with Gasteiger partial charge in [0.1, 0.15) is 0 Å². The summed E-state index contributed by atoms with van der Waals surface area (Å²) in [5.74, 6) is -1.46. The zero-order chi connectivity index (χ0) is 15.7. The molecule has 1 amide bonds. The first-order valence-electron chi connectivity index (χ1n) is 7.66. The fourth-order valence-electron chi connectivity index (χ4n) is 3.25. The van der Waals surface area contributed by atoms with Crippen LogP contribution in [0.3, 0.4) is 0 Å². The van der Waals surface area contributed by atoms with Crippen LogP contribution >= 0.6 is 0 Å². The summed E-state index contributed by atoms with van der Waals surface area (Å²) in [7, 11) is 0. The lowest BCUT2D eigenvalue weighted by Gasteiger charge is -2.25. The number of carbonyl (C=O) groups excluding carboxylic acids is 1. The van der Waals surface area contributed by atoms with E-state index in [-0.39, 0.29) is 17.7 Å². The second-order valence-electron chi connectivity index (χ2n) is 6.14. The Hall–Kier alpha value is -2.30. The lowest BCUT2D eigenvalue weighted by Crippen LogP contribution is -2.30. The summed E-state index contributed by atoms with van der Waals surface area (Å²) in [6.07, 6.45) is 2.67. The number of aliphatic carboxylic acids is 1. The van der Waals surface area contributed by atoms with Crippen molar-refractivity contribution in [3.63, 3.8) is 0 Å². The molecule has 2 atom stereocenters. The molecule has 0 saturated heterocycles. The van der Waals surface area contributed by atoms with E-state index < -0.39 is 5.97 Å². The molecule has 0 aliphatic heterocycles. The van der Waals surface area contributed by atoms with Gasteiger partial charge in [-0.15, -0.1) is 0 Å². The van der Waals surface area contributed by atoms with Gasteiger partial charge in [-0.1, -0.05) is 6.42 Å². The number of amides is 1. The standard InChI is InChI=1S/C17H20N2O3/c1-10-7-13-9-14(5-6-15(13)18-10)19-16(20)11-3-2-4-12(8-11)17(21)22/h5-7,9,11-12,18H,2-4,8H2,1H3,(H,19,20)(H,21,22). The van der Waals surface area contributed by atoms with Crippen molar-refractivity contribution in [1.29, 1.82) is 0 Å². The van der Waals surface area contributed by atoms with Gasteiger partial charge in [-0.05, 0) is 50.5 Å². The largest absolute Gasteiger partial charge is 0.481 e. The number of anilines is 1. The fraction of sp³-hybridized carbons (Fsp3) is 0.412. The van der Waals surface area contributed by atoms with Crippen LogP contribution in [-0.4, -0.2) is 22.0 Å². The van der Waals surface area contributed by atoms with Gasteiger partial charge >= 0.3 is 5.97 Å². The quantitative estimate of drug-likeness (QED) is 0.813. The Bertz CT molecular complexity index is 720. The van der Waals surface area contributed by atoms with Gasteiger partial charge in [0.05, 0.1) is 5.92 Å². The molecule has 3 rings (SSSR count). The van der Waals surface area contributed by atoms with Gasteiger partial charge < -0.3 is 15.4 Å². The number of fused-ring (bicyclic) bond motifs is 1. The van der Waals surface area contributed by atoms with Crippen molar-refractivity contribution in [1.82, 2.24) is 4.98 Å². The van der Waals surface area contributed by atoms with E-state index in [9.17, 15) is 9.59 Å². The number of H-pyrrole nitrogens is 1. The smallest absolute Gasteiger partial charge is 0.306 e. The molecule has 5 nitrogen and oxygen atoms in total. The highest BCUT2D eigenvalue weighted by molar-refractivity contribution is 5.95. The van der Waals surface area contributed by atoms with Crippen molar-refractivity contribution in [2.45, 2.75) is 32.6 Å². The summed E-state index contributed by atoms with van der Waals surface area (Å²) in [4.78, 5) is 26.7. The molecule has 5 heteroatoms. The Balaban J connectivity index is 1.70. The first-order valence-corrected chi connectivity index (χ1v) is 7.66. The fourth-order valence-corrected chi connectivity index (χ4v) is 3.25. The predicted octanol–water partition coefficient (Wildman–Crippen LogP) is 3.31. The number of hydrogen-bond acceptors (Lipinski definition) is 2. The molecule has 0 radical (unpaired) electrons. The molecule has 1 aliphatic carbocycles. The van der Waals surface area contributed by atoms with Crippen LogP contribution in [0.15, 0.2) is 24.3 Å². The number of rotatable bonds is 3. The molecule has 0 bridgehead atoms. The van der Waals surface area contributed by atoms with Gasteiger partial charge in [0.15, 0.2) is 0 Å². The zero-order valence-electron chi connectivity index (χ0n) is 12.6. The van der Waals surface area contributed by atoms with Crippen molar-refractivity contribution in [2.24, 2.45) is 11.8 Å². The lowest BCUT2D eigenvalue weighted by atomic mass is 9.81. The maximum Gasteiger partial charge on any atom is 0.306 e. The van der Waals surface area contributed by atoms with Crippen LogP contribution in [0.2, 0.25) is 0 Å². The minimum atomic E-state index is -0.790. The number of aryl methyl sites for hydroxylation is 1. The Labute approximate surface area is 128 Å². The average molecular weight is 300 g/mol. The van der Waals surface area contributed by atoms with E-state index in [1.54, 1.807) is 0 Å². The molecular weight excluding hydrogens is 280 g/mol. The topological polar surface area (TPSA) is 82.2 Å². The van der Waals surface area contributed by atoms with E-state index in [2.05, 4.69) is 10.3 Å². The van der Waals surface area contributed by atoms with Crippen LogP contribution in [0.1, 0.15) is 31.4 Å². The molecule has 2 unspecified atom stereocenters. The van der Waals surface area contributed by atoms with E-state index in [0.717, 1.165) is 35.1 Å². The molecular formula is C17H20N2O3. The highest BCUT2D eigenvalue weighted by Crippen LogP contribution is 2.30. The summed E-state index contributed by atoms with van der Waals surface area (Å²) < 4.78 is 0. The van der Waals surface area contributed by atoms with Gasteiger partial charge in [-0.3, -0.25) is 9.59 Å². The molecule has 1 heterocycles. The third-order valence-electron chi connectivity index (χ3n) is 4.42. The van der Waals surface area contributed by atoms with E-state index >= 15 is 0 Å². The number of benzene rings is 1. The van der Waals surface area contributed by atoms with Crippen LogP contribution in [0.25, 0.3) is 10.9 Å². The molecule has 1 aromatic heterocycles. The predicted molar refractivity (Wildman–Crippen MR) is 84.7 cm³/mol. The molecule has 1 aromatic carbocycles. The number of hydrogen-bond donors (Lipinski definition) is 3. The van der Waals surface area contributed by atoms with Crippen LogP contribution < -0.4 is 5.32 Å². The summed E-state index contributed by atoms with van der Waals surface area (Å²) >= 11 is 0. The first kappa shape index (κ1) is 14.6. The Morgan fingerprint density at radius 1 is 1.23 bits per heavy atom. The Morgan fingerprint density at radius 3 is 2.77 bits per heavy atom. The number of carboxylic acid groups (broad SMARTS) is 1. The Morgan fingerprint density at radius 2 is 2.00 bits per heavy atom. The van der Waals surface area contributed by atoms with Gasteiger partial charge in [0.25, 0.3) is 0 Å². The Kier molecular flexibility index (Phi) is 3.88. The van der Waals surface area contributed by atoms with Crippen molar-refractivity contribution in [3.05, 3.63) is 30.0 Å². The second-order valence-corrected chi connectivity index (χ2v) is 6.14. The summed E-state index contributed by atoms with van der Waals surface area (Å²) in [6.45, 7) is 1.99. The first-order chi connectivity index (χ1) is 10.5. The summed E-state index contributed by atoms with van der Waals surface area (Å²) in [5.41, 5.74) is 2.88. The van der Waals surface area contributed by atoms with Gasteiger partial charge in [0, 0.05) is 28.2 Å². The monoisotopic (exact) mass is 300 g/mol. The van der Waals surface area contributed by atoms with E-state index in [4.69, 9.17) is 5.11 Å². The van der Waals surface area contributed by atoms with Crippen LogP contribution in [0.4, 0.5) is 5.69 Å². The minimum absolute atomic E-state index is 0.0717. The van der Waals surface area contributed by atoms with Crippen LogP contribution in [0, 0.1) is 18.8 Å². The van der Waals surface area contributed by atoms with Crippen molar-refractivity contribution < 1.29 is 14.7 Å². The highest BCUT2D eigenvalue weighted by Gasteiger charge is 2.31. The van der Waals surface area contributed by atoms with Gasteiger partial charge in [0.2, 0.25) is 5.91 Å². The number of aromatic nitrogens is 1. The number of aromatic amines is 1. The molecule has 116 valence electrons. The van der Waals surface area contributed by atoms with Crippen LogP contribution in [0.5, 0.6) is 0 Å². The molecule has 22 heavy (non-hydrogen) atoms. The van der Waals surface area contributed by atoms with Crippen molar-refractivity contribution in [2.75, 3.05) is 5.32 Å². The molecule has 1 saturated carbocycles. The SMILES string of the molecule is Cc1cc2cc(NC(=O)C3CCCC(C(=O)O)C3)ccc2[nH]1. The second kappa shape index (κ2) is 5.83. The van der Waals surface area contributed by atoms with Crippen molar-refractivity contribution in [3.8, 4) is 0 Å². The summed E-state index contributed by atoms with van der Waals surface area (Å²) in [6, 6.07) is 7.78. The third-order valence-corrected chi connectivity index (χ3v) is 4.42. The van der Waals surface area contributed by atoms with Crippen LogP contribution in [-0.2, 0) is 9.59 Å². The van der Waals surface area contributed by atoms with Gasteiger partial charge in [-0.2, -0.15) is 0 Å². The van der Waals surface area contributed by atoms with E-state index in [0.29, 0.717) is 12.8 Å². The maximum absolute atomic E-state index is 12.4. The summed E-state index contributed by atoms with van der Waals surface area (Å²) in [5, 5.41) is 13.1. The number of carboxylic acids is 1. The molecule has 1 aliphatic rings. The van der Waals surface area contributed by atoms with Crippen molar-refractivity contribution >= 4 is 28.5 Å². The zero-order valence-corrected chi connectivity index (χ0v) is 12.6. The third kappa shape index (κ3) is 2.98. The normalized spacial score (nSPS) is 21.7. The lowest BCUT2D eigenvalue weighted by molar-refractivity contribution is -0.143. The minimum Gasteiger partial charge on any atom is -0.481 e. The highest BCUT2D eigenvalue weighted by atomic mass is 16.4. The van der Waals surface area contributed by atoms with E-state index in [1.807, 2.05) is 31.2 Å². The maximum atomic E-state index is 12.4. The molecule has 1 fully saturated rings. The molecule has 0 spiro atoms. The van der Waals surface area contributed by atoms with Gasteiger partial charge in [-0.25, -0.2) is 0 Å². The van der Waals surface area contributed by atoms with E-state index in [1.165, 1.54) is 0 Å². The average Bonchev–Trinajstić information content (AvgIpc) is 2.86. The number of carbonyl (C=O) groups is 2. The molecule has 2 aromatic rings. The molecule has 3 N–H and O–H groups in total.